The third kappa shape index (κ3) is 5.40. The Kier molecular flexibility index (Phi) is 6.75. The van der Waals surface area contributed by atoms with Crippen molar-refractivity contribution in [1.29, 1.82) is 0 Å². The molecule has 2 atom stereocenters. The van der Waals surface area contributed by atoms with Gasteiger partial charge >= 0.3 is 18.0 Å². The maximum absolute atomic E-state index is 12.6. The summed E-state index contributed by atoms with van der Waals surface area (Å²) in [5.74, 6) is -1.48. The molecule has 0 saturated carbocycles. The number of hydrogen-bond donors (Lipinski definition) is 2. The van der Waals surface area contributed by atoms with Gasteiger partial charge in [0.15, 0.2) is 6.04 Å². The fraction of sp³-hybridized carbons (Fsp3) is 0.286. The van der Waals surface area contributed by atoms with Crippen LogP contribution in [0.1, 0.15) is 30.0 Å². The number of ether oxygens (including phenoxy) is 2. The van der Waals surface area contributed by atoms with E-state index in [-0.39, 0.29) is 6.61 Å². The third-order valence-corrected chi connectivity index (χ3v) is 4.39. The van der Waals surface area contributed by atoms with Crippen molar-refractivity contribution in [3.63, 3.8) is 0 Å². The summed E-state index contributed by atoms with van der Waals surface area (Å²) < 4.78 is 10.2. The number of benzene rings is 2. The van der Waals surface area contributed by atoms with Crippen molar-refractivity contribution < 1.29 is 23.9 Å². The molecule has 3 rings (SSSR count). The Morgan fingerprint density at radius 3 is 2.36 bits per heavy atom. The van der Waals surface area contributed by atoms with E-state index in [2.05, 4.69) is 10.6 Å². The van der Waals surface area contributed by atoms with Gasteiger partial charge in [0.25, 0.3) is 0 Å². The number of carbonyl (C=O) groups is 3. The predicted molar refractivity (Wildman–Crippen MR) is 101 cm³/mol. The summed E-state index contributed by atoms with van der Waals surface area (Å²) in [7, 11) is 0. The lowest BCUT2D eigenvalue weighted by molar-refractivity contribution is -0.162. The van der Waals surface area contributed by atoms with Crippen molar-refractivity contribution >= 4 is 18.0 Å². The second-order valence-corrected chi connectivity index (χ2v) is 6.44. The Hall–Kier alpha value is -3.19. The lowest BCUT2D eigenvalue weighted by atomic mass is 10.1. The molecule has 0 spiro atoms. The van der Waals surface area contributed by atoms with Crippen molar-refractivity contribution in [2.45, 2.75) is 31.5 Å². The van der Waals surface area contributed by atoms with E-state index < -0.39 is 30.1 Å². The van der Waals surface area contributed by atoms with Gasteiger partial charge < -0.3 is 20.1 Å². The highest BCUT2D eigenvalue weighted by molar-refractivity contribution is 5.93. The highest BCUT2D eigenvalue weighted by Gasteiger charge is 2.31. The van der Waals surface area contributed by atoms with E-state index in [1.54, 1.807) is 30.3 Å². The summed E-state index contributed by atoms with van der Waals surface area (Å²) >= 11 is 0. The van der Waals surface area contributed by atoms with Crippen LogP contribution in [0.2, 0.25) is 0 Å². The maximum atomic E-state index is 12.6. The van der Waals surface area contributed by atoms with E-state index in [0.717, 1.165) is 12.0 Å². The number of nitrogens with one attached hydrogen (secondary N) is 2. The molecule has 0 bridgehead atoms. The van der Waals surface area contributed by atoms with Gasteiger partial charge in [-0.25, -0.2) is 14.4 Å². The van der Waals surface area contributed by atoms with E-state index in [9.17, 15) is 14.4 Å². The first-order valence-corrected chi connectivity index (χ1v) is 9.14. The van der Waals surface area contributed by atoms with Crippen LogP contribution in [0.25, 0.3) is 0 Å². The number of alkyl carbamates (subject to hydrolysis) is 1. The molecular formula is C21H22N2O5. The zero-order chi connectivity index (χ0) is 19.8. The summed E-state index contributed by atoms with van der Waals surface area (Å²) in [4.78, 5) is 36.9. The lowest BCUT2D eigenvalue weighted by Gasteiger charge is -2.18. The Balaban J connectivity index is 1.64. The van der Waals surface area contributed by atoms with E-state index >= 15 is 0 Å². The van der Waals surface area contributed by atoms with Crippen LogP contribution in [0.3, 0.4) is 0 Å². The Labute approximate surface area is 163 Å². The molecule has 28 heavy (non-hydrogen) atoms. The second kappa shape index (κ2) is 9.66. The van der Waals surface area contributed by atoms with E-state index in [1.807, 2.05) is 30.3 Å². The zero-order valence-corrected chi connectivity index (χ0v) is 15.3. The van der Waals surface area contributed by atoms with Crippen molar-refractivity contribution in [3.8, 4) is 0 Å². The summed E-state index contributed by atoms with van der Waals surface area (Å²) in [6.45, 7) is 0.772. The van der Waals surface area contributed by atoms with Gasteiger partial charge in [0, 0.05) is 0 Å². The molecule has 0 aliphatic carbocycles. The van der Waals surface area contributed by atoms with Crippen LogP contribution in [-0.2, 0) is 25.7 Å². The quantitative estimate of drug-likeness (QED) is 0.589. The molecule has 2 aromatic rings. The van der Waals surface area contributed by atoms with Crippen LogP contribution in [-0.4, -0.2) is 30.6 Å². The Morgan fingerprint density at radius 1 is 1.04 bits per heavy atom. The second-order valence-electron chi connectivity index (χ2n) is 6.44. The highest BCUT2D eigenvalue weighted by atomic mass is 16.6. The SMILES string of the molecule is O=C(NC(C(=O)OC(=O)[C@@H]1CCCN1)c1ccccc1)OCc1ccccc1. The molecule has 1 heterocycles. The minimum absolute atomic E-state index is 0.0636. The van der Waals surface area contributed by atoms with Crippen LogP contribution < -0.4 is 10.6 Å². The summed E-state index contributed by atoms with van der Waals surface area (Å²) in [6.07, 6.45) is 0.690. The van der Waals surface area contributed by atoms with Gasteiger partial charge in [-0.2, -0.15) is 0 Å². The van der Waals surface area contributed by atoms with Gasteiger partial charge in [0.05, 0.1) is 0 Å². The molecule has 2 aromatic carbocycles. The topological polar surface area (TPSA) is 93.7 Å². The molecule has 1 aliphatic heterocycles. The molecule has 1 saturated heterocycles. The summed E-state index contributed by atoms with van der Waals surface area (Å²) in [6, 6.07) is 16.1. The van der Waals surface area contributed by atoms with Gasteiger partial charge in [-0.1, -0.05) is 60.7 Å². The molecule has 1 amide bonds. The van der Waals surface area contributed by atoms with Crippen LogP contribution in [0.4, 0.5) is 4.79 Å². The standard InChI is InChI=1S/C21H22N2O5/c24-19(17-12-7-13-22-17)28-20(25)18(16-10-5-2-6-11-16)23-21(26)27-14-15-8-3-1-4-9-15/h1-6,8-11,17-18,22H,7,12-14H2,(H,23,26)/t17-,18?/m0/s1. The minimum atomic E-state index is -1.14. The predicted octanol–water partition coefficient (Wildman–Crippen LogP) is 2.48. The Morgan fingerprint density at radius 2 is 1.71 bits per heavy atom. The average Bonchev–Trinajstić information content (AvgIpc) is 3.27. The molecule has 1 aliphatic rings. The molecule has 7 nitrogen and oxygen atoms in total. The Bertz CT molecular complexity index is 804. The van der Waals surface area contributed by atoms with Gasteiger partial charge in [-0.3, -0.25) is 0 Å². The number of carbonyl (C=O) groups excluding carboxylic acids is 3. The van der Waals surface area contributed by atoms with Crippen LogP contribution in [0, 0.1) is 0 Å². The number of amides is 1. The fourth-order valence-corrected chi connectivity index (χ4v) is 2.92. The molecular weight excluding hydrogens is 360 g/mol. The van der Waals surface area contributed by atoms with Gasteiger partial charge in [-0.05, 0) is 30.5 Å². The zero-order valence-electron chi connectivity index (χ0n) is 15.3. The first-order valence-electron chi connectivity index (χ1n) is 9.14. The van der Waals surface area contributed by atoms with Crippen molar-refractivity contribution in [1.82, 2.24) is 10.6 Å². The normalized spacial score (nSPS) is 16.8. The molecule has 7 heteroatoms. The molecule has 0 radical (unpaired) electrons. The molecule has 0 aromatic heterocycles. The highest BCUT2D eigenvalue weighted by Crippen LogP contribution is 2.16. The number of rotatable bonds is 6. The van der Waals surface area contributed by atoms with Gasteiger partial charge in [0.2, 0.25) is 0 Å². The van der Waals surface area contributed by atoms with Gasteiger partial charge in [-0.15, -0.1) is 0 Å². The van der Waals surface area contributed by atoms with E-state index in [4.69, 9.17) is 9.47 Å². The van der Waals surface area contributed by atoms with Gasteiger partial charge in [0.1, 0.15) is 12.6 Å². The monoisotopic (exact) mass is 382 g/mol. The van der Waals surface area contributed by atoms with E-state index in [0.29, 0.717) is 18.5 Å². The maximum Gasteiger partial charge on any atom is 0.408 e. The molecule has 1 fully saturated rings. The largest absolute Gasteiger partial charge is 0.445 e. The van der Waals surface area contributed by atoms with Crippen LogP contribution >= 0.6 is 0 Å². The first-order chi connectivity index (χ1) is 13.6. The molecule has 146 valence electrons. The van der Waals surface area contributed by atoms with Crippen LogP contribution in [0.15, 0.2) is 60.7 Å². The molecule has 1 unspecified atom stereocenters. The van der Waals surface area contributed by atoms with Crippen molar-refractivity contribution in [2.75, 3.05) is 6.54 Å². The van der Waals surface area contributed by atoms with Crippen molar-refractivity contribution in [2.24, 2.45) is 0 Å². The number of esters is 2. The van der Waals surface area contributed by atoms with Crippen molar-refractivity contribution in [3.05, 3.63) is 71.8 Å². The summed E-state index contributed by atoms with van der Waals surface area (Å²) in [5.41, 5.74) is 1.32. The lowest BCUT2D eigenvalue weighted by Crippen LogP contribution is -2.39. The minimum Gasteiger partial charge on any atom is -0.445 e. The smallest absolute Gasteiger partial charge is 0.408 e. The fourth-order valence-electron chi connectivity index (χ4n) is 2.92. The first kappa shape index (κ1) is 19.6. The molecule has 2 N–H and O–H groups in total. The number of hydrogen-bond acceptors (Lipinski definition) is 6. The average molecular weight is 382 g/mol. The van der Waals surface area contributed by atoms with E-state index in [1.165, 1.54) is 0 Å². The summed E-state index contributed by atoms with van der Waals surface area (Å²) in [5, 5.41) is 5.47. The van der Waals surface area contributed by atoms with Crippen LogP contribution in [0.5, 0.6) is 0 Å². The third-order valence-electron chi connectivity index (χ3n) is 4.39.